The number of nitrogens with one attached hydrogen (secondary N) is 1. The van der Waals surface area contributed by atoms with E-state index in [1.807, 2.05) is 6.92 Å². The molecule has 0 spiro atoms. The average molecular weight is 132 g/mol. The van der Waals surface area contributed by atoms with E-state index in [2.05, 4.69) is 23.2 Å². The van der Waals surface area contributed by atoms with Crippen molar-refractivity contribution in [2.24, 2.45) is 10.9 Å². The van der Waals surface area contributed by atoms with E-state index in [1.54, 1.807) is 0 Å². The lowest BCUT2D eigenvalue weighted by Crippen LogP contribution is -2.40. The standard InChI is InChI=1S/C3H8N4S/c1-2-5-6-3(8)7(2)4/h3,6,8H,4H2,1H3. The second-order valence-electron chi connectivity index (χ2n) is 1.57. The second-order valence-corrected chi connectivity index (χ2v) is 2.06. The van der Waals surface area contributed by atoms with Crippen molar-refractivity contribution in [3.63, 3.8) is 0 Å². The molecule has 8 heavy (non-hydrogen) atoms. The molecular formula is C3H8N4S. The molecule has 5 heteroatoms. The van der Waals surface area contributed by atoms with Gasteiger partial charge in [0.2, 0.25) is 0 Å². The minimum Gasteiger partial charge on any atom is -0.275 e. The van der Waals surface area contributed by atoms with E-state index in [0.717, 1.165) is 5.84 Å². The number of rotatable bonds is 0. The van der Waals surface area contributed by atoms with Gasteiger partial charge in [-0.1, -0.05) is 0 Å². The van der Waals surface area contributed by atoms with Crippen LogP contribution in [0.4, 0.5) is 0 Å². The first-order valence-electron chi connectivity index (χ1n) is 2.23. The van der Waals surface area contributed by atoms with Gasteiger partial charge in [0.1, 0.15) is 5.84 Å². The summed E-state index contributed by atoms with van der Waals surface area (Å²) in [6.07, 6.45) is 0. The largest absolute Gasteiger partial charge is 0.275 e. The zero-order valence-corrected chi connectivity index (χ0v) is 5.39. The number of thiol groups is 1. The number of hydrogen-bond acceptors (Lipinski definition) is 5. The summed E-state index contributed by atoms with van der Waals surface area (Å²) in [5, 5.41) is 5.24. The summed E-state index contributed by atoms with van der Waals surface area (Å²) in [4.78, 5) is 0. The van der Waals surface area contributed by atoms with Crippen molar-refractivity contribution in [3.05, 3.63) is 0 Å². The molecule has 46 valence electrons. The minimum atomic E-state index is -0.157. The molecule has 0 saturated carbocycles. The van der Waals surface area contributed by atoms with E-state index in [9.17, 15) is 0 Å². The quantitative estimate of drug-likeness (QED) is 0.302. The molecule has 4 nitrogen and oxygen atoms in total. The van der Waals surface area contributed by atoms with Crippen LogP contribution in [0.15, 0.2) is 5.10 Å². The summed E-state index contributed by atoms with van der Waals surface area (Å²) in [6.45, 7) is 1.81. The van der Waals surface area contributed by atoms with Crippen LogP contribution in [-0.4, -0.2) is 16.3 Å². The summed E-state index contributed by atoms with van der Waals surface area (Å²) in [6, 6.07) is 0. The molecule has 0 aliphatic carbocycles. The fourth-order valence-corrected chi connectivity index (χ4v) is 0.673. The highest BCUT2D eigenvalue weighted by Crippen LogP contribution is 2.01. The highest BCUT2D eigenvalue weighted by Gasteiger charge is 2.16. The summed E-state index contributed by atoms with van der Waals surface area (Å²) >= 11 is 4.02. The van der Waals surface area contributed by atoms with Gasteiger partial charge in [-0.2, -0.15) is 5.10 Å². The van der Waals surface area contributed by atoms with Gasteiger partial charge in [0.05, 0.1) is 0 Å². The van der Waals surface area contributed by atoms with Crippen LogP contribution < -0.4 is 11.3 Å². The molecule has 3 N–H and O–H groups in total. The average Bonchev–Trinajstić information content (AvgIpc) is 1.98. The number of hydrazine groups is 1. The molecule has 0 amide bonds. The SMILES string of the molecule is CC1=NNC(S)N1N. The first kappa shape index (κ1) is 5.71. The molecule has 1 atom stereocenters. The predicted molar refractivity (Wildman–Crippen MR) is 35.0 cm³/mol. The van der Waals surface area contributed by atoms with Gasteiger partial charge in [0, 0.05) is 0 Å². The van der Waals surface area contributed by atoms with Crippen LogP contribution in [0.2, 0.25) is 0 Å². The Kier molecular flexibility index (Phi) is 1.31. The highest BCUT2D eigenvalue weighted by molar-refractivity contribution is 7.80. The normalized spacial score (nSPS) is 27.6. The maximum Gasteiger partial charge on any atom is 0.175 e. The molecular weight excluding hydrogens is 124 g/mol. The number of nitrogens with zero attached hydrogens (tertiary/aromatic N) is 2. The first-order valence-corrected chi connectivity index (χ1v) is 2.75. The zero-order chi connectivity index (χ0) is 6.15. The number of hydrazone groups is 1. The smallest absolute Gasteiger partial charge is 0.175 e. The Morgan fingerprint density at radius 1 is 2.00 bits per heavy atom. The number of nitrogens with two attached hydrogens (primary N) is 1. The van der Waals surface area contributed by atoms with Gasteiger partial charge in [0.25, 0.3) is 0 Å². The van der Waals surface area contributed by atoms with Gasteiger partial charge in [-0.25, -0.2) is 5.84 Å². The van der Waals surface area contributed by atoms with Crippen molar-refractivity contribution in [1.82, 2.24) is 10.4 Å². The molecule has 0 aromatic rings. The lowest BCUT2D eigenvalue weighted by Gasteiger charge is -2.13. The third kappa shape index (κ3) is 0.740. The van der Waals surface area contributed by atoms with Gasteiger partial charge in [-0.3, -0.25) is 10.4 Å². The van der Waals surface area contributed by atoms with E-state index >= 15 is 0 Å². The molecule has 1 unspecified atom stereocenters. The lowest BCUT2D eigenvalue weighted by molar-refractivity contribution is 0.410. The molecule has 0 saturated heterocycles. The Balaban J connectivity index is 2.59. The van der Waals surface area contributed by atoms with E-state index in [4.69, 9.17) is 5.84 Å². The Morgan fingerprint density at radius 2 is 2.62 bits per heavy atom. The van der Waals surface area contributed by atoms with Gasteiger partial charge in [-0.15, -0.1) is 12.6 Å². The number of hydrogen-bond donors (Lipinski definition) is 3. The van der Waals surface area contributed by atoms with Crippen LogP contribution in [-0.2, 0) is 0 Å². The van der Waals surface area contributed by atoms with E-state index in [1.165, 1.54) is 5.01 Å². The Labute approximate surface area is 53.1 Å². The number of amidine groups is 1. The molecule has 1 heterocycles. The van der Waals surface area contributed by atoms with Crippen molar-refractivity contribution in [1.29, 1.82) is 0 Å². The van der Waals surface area contributed by atoms with Gasteiger partial charge in [0.15, 0.2) is 5.50 Å². The molecule has 1 aliphatic heterocycles. The zero-order valence-electron chi connectivity index (χ0n) is 4.50. The topological polar surface area (TPSA) is 53.7 Å². The highest BCUT2D eigenvalue weighted by atomic mass is 32.1. The molecule has 0 bridgehead atoms. The Bertz CT molecular complexity index is 122. The fraction of sp³-hybridized carbons (Fsp3) is 0.667. The van der Waals surface area contributed by atoms with Crippen LogP contribution in [0.1, 0.15) is 6.92 Å². The third-order valence-corrected chi connectivity index (χ3v) is 1.34. The Morgan fingerprint density at radius 3 is 2.75 bits per heavy atom. The van der Waals surface area contributed by atoms with E-state index < -0.39 is 0 Å². The summed E-state index contributed by atoms with van der Waals surface area (Å²) in [5.74, 6) is 6.14. The predicted octanol–water partition coefficient (Wildman–Crippen LogP) is -0.688. The molecule has 0 fully saturated rings. The Hall–Kier alpha value is -0.420. The summed E-state index contributed by atoms with van der Waals surface area (Å²) in [5.41, 5.74) is 2.51. The molecule has 0 radical (unpaired) electrons. The van der Waals surface area contributed by atoms with Crippen LogP contribution in [0.5, 0.6) is 0 Å². The summed E-state index contributed by atoms with van der Waals surface area (Å²) in [7, 11) is 0. The molecule has 1 rings (SSSR count). The lowest BCUT2D eigenvalue weighted by atomic mass is 10.7. The van der Waals surface area contributed by atoms with Crippen molar-refractivity contribution < 1.29 is 0 Å². The van der Waals surface area contributed by atoms with Gasteiger partial charge < -0.3 is 0 Å². The van der Waals surface area contributed by atoms with Crippen molar-refractivity contribution >= 4 is 18.5 Å². The van der Waals surface area contributed by atoms with Crippen molar-refractivity contribution in [2.75, 3.05) is 0 Å². The van der Waals surface area contributed by atoms with Gasteiger partial charge >= 0.3 is 0 Å². The first-order chi connectivity index (χ1) is 3.72. The third-order valence-electron chi connectivity index (χ3n) is 0.979. The maximum absolute atomic E-state index is 5.39. The van der Waals surface area contributed by atoms with E-state index in [-0.39, 0.29) is 5.50 Å². The van der Waals surface area contributed by atoms with Crippen molar-refractivity contribution in [2.45, 2.75) is 12.4 Å². The summed E-state index contributed by atoms with van der Waals surface area (Å²) < 4.78 is 0. The van der Waals surface area contributed by atoms with Crippen LogP contribution >= 0.6 is 12.6 Å². The van der Waals surface area contributed by atoms with E-state index in [0.29, 0.717) is 0 Å². The van der Waals surface area contributed by atoms with Crippen molar-refractivity contribution in [3.8, 4) is 0 Å². The fourth-order valence-electron chi connectivity index (χ4n) is 0.448. The minimum absolute atomic E-state index is 0.157. The van der Waals surface area contributed by atoms with Crippen LogP contribution in [0, 0.1) is 0 Å². The monoisotopic (exact) mass is 132 g/mol. The second kappa shape index (κ2) is 1.83. The van der Waals surface area contributed by atoms with Crippen LogP contribution in [0.25, 0.3) is 0 Å². The van der Waals surface area contributed by atoms with Crippen LogP contribution in [0.3, 0.4) is 0 Å². The molecule has 1 aliphatic rings. The maximum atomic E-state index is 5.39. The molecule has 0 aromatic carbocycles. The van der Waals surface area contributed by atoms with Gasteiger partial charge in [-0.05, 0) is 6.92 Å². The molecule has 0 aromatic heterocycles.